The van der Waals surface area contributed by atoms with Gasteiger partial charge in [-0.1, -0.05) is 6.92 Å². The number of sulfone groups is 1. The van der Waals surface area contributed by atoms with Crippen LogP contribution in [-0.2, 0) is 9.84 Å². The number of hydrogen-bond donors (Lipinski definition) is 2. The van der Waals surface area contributed by atoms with E-state index in [-0.39, 0.29) is 11.5 Å². The van der Waals surface area contributed by atoms with Crippen molar-refractivity contribution in [2.75, 3.05) is 24.6 Å². The van der Waals surface area contributed by atoms with Crippen LogP contribution < -0.4 is 5.32 Å². The highest BCUT2D eigenvalue weighted by Crippen LogP contribution is 2.30. The smallest absolute Gasteiger partial charge is 0.150 e. The third kappa shape index (κ3) is 4.49. The second-order valence-electron chi connectivity index (χ2n) is 4.34. The topological polar surface area (TPSA) is 66.4 Å². The summed E-state index contributed by atoms with van der Waals surface area (Å²) in [7, 11) is -2.83. The Morgan fingerprint density at radius 2 is 2.07 bits per heavy atom. The fraction of sp³-hybridized carbons (Fsp3) is 1.00. The van der Waals surface area contributed by atoms with E-state index in [1.54, 1.807) is 6.92 Å². The lowest BCUT2D eigenvalue weighted by Gasteiger charge is -2.36. The predicted octanol–water partition coefficient (Wildman–Crippen LogP) is 0.316. The Morgan fingerprint density at radius 1 is 1.40 bits per heavy atom. The van der Waals surface area contributed by atoms with Gasteiger partial charge in [0.1, 0.15) is 9.84 Å². The second kappa shape index (κ2) is 5.27. The van der Waals surface area contributed by atoms with Gasteiger partial charge in [-0.15, -0.1) is 0 Å². The summed E-state index contributed by atoms with van der Waals surface area (Å²) in [6.45, 7) is 2.93. The van der Waals surface area contributed by atoms with Crippen LogP contribution in [0.1, 0.15) is 32.6 Å². The standard InChI is InChI=1S/C10H21NO3S/c1-2-15(13,14)8-4-7-11-9-10(12)5-3-6-10/h11-12H,2-9H2,1H3. The average molecular weight is 235 g/mol. The summed E-state index contributed by atoms with van der Waals surface area (Å²) >= 11 is 0. The van der Waals surface area contributed by atoms with Gasteiger partial charge in [-0.05, 0) is 32.2 Å². The largest absolute Gasteiger partial charge is 0.389 e. The zero-order valence-electron chi connectivity index (χ0n) is 9.33. The van der Waals surface area contributed by atoms with Gasteiger partial charge in [0, 0.05) is 12.3 Å². The van der Waals surface area contributed by atoms with Crippen LogP contribution >= 0.6 is 0 Å². The van der Waals surface area contributed by atoms with Crippen molar-refractivity contribution in [3.8, 4) is 0 Å². The molecule has 1 rings (SSSR count). The summed E-state index contributed by atoms with van der Waals surface area (Å²) < 4.78 is 22.3. The lowest BCUT2D eigenvalue weighted by Crippen LogP contribution is -2.46. The molecule has 90 valence electrons. The maximum atomic E-state index is 11.1. The molecule has 15 heavy (non-hydrogen) atoms. The molecule has 0 aromatic rings. The Morgan fingerprint density at radius 3 is 2.53 bits per heavy atom. The summed E-state index contributed by atoms with van der Waals surface area (Å²) in [4.78, 5) is 0. The van der Waals surface area contributed by atoms with Crippen LogP contribution in [0.3, 0.4) is 0 Å². The molecule has 0 radical (unpaired) electrons. The van der Waals surface area contributed by atoms with Crippen LogP contribution in [0.25, 0.3) is 0 Å². The Hall–Kier alpha value is -0.130. The van der Waals surface area contributed by atoms with Crippen LogP contribution in [0, 0.1) is 0 Å². The number of rotatable bonds is 7. The van der Waals surface area contributed by atoms with Crippen molar-refractivity contribution in [3.63, 3.8) is 0 Å². The molecule has 0 aromatic heterocycles. The van der Waals surface area contributed by atoms with Crippen molar-refractivity contribution < 1.29 is 13.5 Å². The molecule has 1 fully saturated rings. The van der Waals surface area contributed by atoms with Gasteiger partial charge in [-0.3, -0.25) is 0 Å². The van der Waals surface area contributed by atoms with E-state index in [9.17, 15) is 13.5 Å². The Balaban J connectivity index is 2.02. The minimum atomic E-state index is -2.83. The fourth-order valence-corrected chi connectivity index (χ4v) is 2.52. The summed E-state index contributed by atoms with van der Waals surface area (Å²) in [5, 5.41) is 12.8. The molecule has 0 aliphatic heterocycles. The molecule has 1 aliphatic rings. The quantitative estimate of drug-likeness (QED) is 0.624. The van der Waals surface area contributed by atoms with Gasteiger partial charge in [0.25, 0.3) is 0 Å². The minimum absolute atomic E-state index is 0.219. The van der Waals surface area contributed by atoms with E-state index in [1.165, 1.54) is 0 Å². The van der Waals surface area contributed by atoms with Gasteiger partial charge >= 0.3 is 0 Å². The Labute approximate surface area is 92.0 Å². The molecule has 0 saturated heterocycles. The molecule has 0 spiro atoms. The predicted molar refractivity (Wildman–Crippen MR) is 60.6 cm³/mol. The zero-order chi connectivity index (χ0) is 11.4. The van der Waals surface area contributed by atoms with Gasteiger partial charge in [-0.25, -0.2) is 8.42 Å². The first-order valence-corrected chi connectivity index (χ1v) is 7.43. The van der Waals surface area contributed by atoms with Crippen molar-refractivity contribution in [3.05, 3.63) is 0 Å². The van der Waals surface area contributed by atoms with Gasteiger partial charge < -0.3 is 10.4 Å². The highest BCUT2D eigenvalue weighted by Gasteiger charge is 2.33. The van der Waals surface area contributed by atoms with Crippen LogP contribution in [0.4, 0.5) is 0 Å². The van der Waals surface area contributed by atoms with E-state index < -0.39 is 15.4 Å². The van der Waals surface area contributed by atoms with Crippen molar-refractivity contribution in [2.45, 2.75) is 38.2 Å². The average Bonchev–Trinajstić information content (AvgIpc) is 2.14. The molecule has 2 N–H and O–H groups in total. The third-order valence-electron chi connectivity index (χ3n) is 2.99. The molecular weight excluding hydrogens is 214 g/mol. The molecule has 4 nitrogen and oxygen atoms in total. The molecule has 0 aromatic carbocycles. The van der Waals surface area contributed by atoms with Crippen LogP contribution in [0.5, 0.6) is 0 Å². The highest BCUT2D eigenvalue weighted by molar-refractivity contribution is 7.91. The van der Waals surface area contributed by atoms with E-state index in [0.29, 0.717) is 19.5 Å². The van der Waals surface area contributed by atoms with E-state index in [2.05, 4.69) is 5.32 Å². The first-order valence-electron chi connectivity index (χ1n) is 5.61. The first kappa shape index (κ1) is 12.9. The van der Waals surface area contributed by atoms with Crippen LogP contribution in [0.15, 0.2) is 0 Å². The van der Waals surface area contributed by atoms with Gasteiger partial charge in [-0.2, -0.15) is 0 Å². The normalized spacial score (nSPS) is 19.9. The van der Waals surface area contributed by atoms with Crippen molar-refractivity contribution in [2.24, 2.45) is 0 Å². The zero-order valence-corrected chi connectivity index (χ0v) is 10.1. The second-order valence-corrected chi connectivity index (χ2v) is 6.82. The van der Waals surface area contributed by atoms with Crippen LogP contribution in [0.2, 0.25) is 0 Å². The van der Waals surface area contributed by atoms with E-state index in [4.69, 9.17) is 0 Å². The number of hydrogen-bond acceptors (Lipinski definition) is 4. The van der Waals surface area contributed by atoms with Crippen LogP contribution in [-0.4, -0.2) is 43.7 Å². The molecule has 0 unspecified atom stereocenters. The SMILES string of the molecule is CCS(=O)(=O)CCCNCC1(O)CCC1. The monoisotopic (exact) mass is 235 g/mol. The molecule has 1 aliphatic carbocycles. The van der Waals surface area contributed by atoms with Crippen molar-refractivity contribution >= 4 is 9.84 Å². The van der Waals surface area contributed by atoms with E-state index >= 15 is 0 Å². The molecule has 5 heteroatoms. The van der Waals surface area contributed by atoms with E-state index in [1.807, 2.05) is 0 Å². The molecule has 0 bridgehead atoms. The molecule has 0 heterocycles. The minimum Gasteiger partial charge on any atom is -0.389 e. The summed E-state index contributed by atoms with van der Waals surface area (Å²) in [5.41, 5.74) is -0.510. The van der Waals surface area contributed by atoms with Crippen molar-refractivity contribution in [1.82, 2.24) is 5.32 Å². The van der Waals surface area contributed by atoms with Crippen molar-refractivity contribution in [1.29, 1.82) is 0 Å². The fourth-order valence-electron chi connectivity index (χ4n) is 1.64. The first-order chi connectivity index (χ1) is 6.97. The van der Waals surface area contributed by atoms with Gasteiger partial charge in [0.15, 0.2) is 0 Å². The lowest BCUT2D eigenvalue weighted by atomic mass is 9.80. The summed E-state index contributed by atoms with van der Waals surface area (Å²) in [6, 6.07) is 0. The molecule has 0 atom stereocenters. The third-order valence-corrected chi connectivity index (χ3v) is 4.78. The number of nitrogens with one attached hydrogen (secondary N) is 1. The van der Waals surface area contributed by atoms with E-state index in [0.717, 1.165) is 19.3 Å². The Bertz CT molecular complexity index is 283. The summed E-state index contributed by atoms with van der Waals surface area (Å²) in [5.74, 6) is 0.464. The maximum absolute atomic E-state index is 11.1. The van der Waals surface area contributed by atoms with Gasteiger partial charge in [0.05, 0.1) is 11.4 Å². The van der Waals surface area contributed by atoms with Gasteiger partial charge in [0.2, 0.25) is 0 Å². The Kier molecular flexibility index (Phi) is 4.55. The molecule has 1 saturated carbocycles. The lowest BCUT2D eigenvalue weighted by molar-refractivity contribution is -0.0310. The molecule has 0 amide bonds. The highest BCUT2D eigenvalue weighted by atomic mass is 32.2. The summed E-state index contributed by atoms with van der Waals surface area (Å²) in [6.07, 6.45) is 3.47. The number of aliphatic hydroxyl groups is 1. The maximum Gasteiger partial charge on any atom is 0.150 e. The molecular formula is C10H21NO3S.